The third-order valence-corrected chi connectivity index (χ3v) is 2.11. The fourth-order valence-electron chi connectivity index (χ4n) is 1.17. The predicted molar refractivity (Wildman–Crippen MR) is 55.3 cm³/mol. The summed E-state index contributed by atoms with van der Waals surface area (Å²) >= 11 is 0. The van der Waals surface area contributed by atoms with Gasteiger partial charge in [0.2, 0.25) is 0 Å². The molecule has 14 heavy (non-hydrogen) atoms. The van der Waals surface area contributed by atoms with Crippen molar-refractivity contribution in [1.29, 1.82) is 0 Å². The van der Waals surface area contributed by atoms with E-state index in [1.165, 1.54) is 0 Å². The predicted octanol–water partition coefficient (Wildman–Crippen LogP) is 1.08. The zero-order valence-corrected chi connectivity index (χ0v) is 9.38. The van der Waals surface area contributed by atoms with E-state index in [4.69, 9.17) is 0 Å². The molecule has 4 nitrogen and oxygen atoms in total. The molecule has 1 aromatic rings. The molecule has 0 aromatic carbocycles. The molecule has 0 aliphatic carbocycles. The van der Waals surface area contributed by atoms with E-state index in [1.807, 2.05) is 6.07 Å². The van der Waals surface area contributed by atoms with Crippen LogP contribution in [0.3, 0.4) is 0 Å². The van der Waals surface area contributed by atoms with Gasteiger partial charge in [-0.1, -0.05) is 20.8 Å². The third kappa shape index (κ3) is 1.95. The van der Waals surface area contributed by atoms with Crippen LogP contribution in [0.25, 0.3) is 0 Å². The maximum atomic E-state index is 11.4. The van der Waals surface area contributed by atoms with Crippen molar-refractivity contribution in [3.05, 3.63) is 17.5 Å². The molecule has 0 radical (unpaired) electrons. The van der Waals surface area contributed by atoms with Gasteiger partial charge in [0.05, 0.1) is 5.69 Å². The largest absolute Gasteiger partial charge is 0.354 e. The maximum absolute atomic E-state index is 11.4. The SMILES string of the molecule is CNC(=O)c1cc(C(C)(C)C)nn1C. The van der Waals surface area contributed by atoms with Crippen molar-refractivity contribution in [1.82, 2.24) is 15.1 Å². The number of hydrogen-bond donors (Lipinski definition) is 1. The summed E-state index contributed by atoms with van der Waals surface area (Å²) in [4.78, 5) is 11.4. The molecule has 1 heterocycles. The molecule has 1 N–H and O–H groups in total. The number of amides is 1. The van der Waals surface area contributed by atoms with Gasteiger partial charge in [0.1, 0.15) is 5.69 Å². The lowest BCUT2D eigenvalue weighted by Gasteiger charge is -2.13. The second-order valence-corrected chi connectivity index (χ2v) is 4.37. The van der Waals surface area contributed by atoms with Gasteiger partial charge in [0.15, 0.2) is 0 Å². The Labute approximate surface area is 84.3 Å². The van der Waals surface area contributed by atoms with Crippen molar-refractivity contribution >= 4 is 5.91 Å². The van der Waals surface area contributed by atoms with Crippen LogP contribution < -0.4 is 5.32 Å². The van der Waals surface area contributed by atoms with Gasteiger partial charge in [-0.2, -0.15) is 5.10 Å². The van der Waals surface area contributed by atoms with Gasteiger partial charge in [0.25, 0.3) is 5.91 Å². The summed E-state index contributed by atoms with van der Waals surface area (Å²) in [6.07, 6.45) is 0. The van der Waals surface area contributed by atoms with Crippen LogP contribution in [0, 0.1) is 0 Å². The second-order valence-electron chi connectivity index (χ2n) is 4.37. The molecule has 0 unspecified atom stereocenters. The Morgan fingerprint density at radius 1 is 1.50 bits per heavy atom. The van der Waals surface area contributed by atoms with Gasteiger partial charge in [-0.05, 0) is 6.07 Å². The Morgan fingerprint density at radius 2 is 2.07 bits per heavy atom. The molecule has 4 heteroatoms. The lowest BCUT2D eigenvalue weighted by atomic mass is 9.92. The average Bonchev–Trinajstić information content (AvgIpc) is 2.45. The number of carbonyl (C=O) groups excluding carboxylic acids is 1. The summed E-state index contributed by atoms with van der Waals surface area (Å²) in [5.74, 6) is -0.101. The van der Waals surface area contributed by atoms with E-state index in [1.54, 1.807) is 18.8 Å². The van der Waals surface area contributed by atoms with Gasteiger partial charge >= 0.3 is 0 Å². The molecule has 0 atom stereocenters. The molecule has 0 aliphatic heterocycles. The smallest absolute Gasteiger partial charge is 0.269 e. The Kier molecular flexibility index (Phi) is 2.64. The van der Waals surface area contributed by atoms with E-state index in [0.29, 0.717) is 5.69 Å². The van der Waals surface area contributed by atoms with Gasteiger partial charge in [-0.15, -0.1) is 0 Å². The first-order chi connectivity index (χ1) is 6.36. The molecule has 0 spiro atoms. The molecule has 78 valence electrons. The highest BCUT2D eigenvalue weighted by atomic mass is 16.1. The normalized spacial score (nSPS) is 11.5. The molecule has 0 fully saturated rings. The van der Waals surface area contributed by atoms with Crippen LogP contribution in [0.15, 0.2) is 6.07 Å². The molecule has 0 saturated carbocycles. The van der Waals surface area contributed by atoms with Crippen LogP contribution in [0.4, 0.5) is 0 Å². The van der Waals surface area contributed by atoms with Gasteiger partial charge in [0, 0.05) is 19.5 Å². The van der Waals surface area contributed by atoms with Crippen molar-refractivity contribution < 1.29 is 4.79 Å². The van der Waals surface area contributed by atoms with E-state index in [9.17, 15) is 4.79 Å². The third-order valence-electron chi connectivity index (χ3n) is 2.11. The van der Waals surface area contributed by atoms with Crippen molar-refractivity contribution in [2.24, 2.45) is 7.05 Å². The first-order valence-electron chi connectivity index (χ1n) is 4.63. The Bertz CT molecular complexity index is 347. The maximum Gasteiger partial charge on any atom is 0.269 e. The highest BCUT2D eigenvalue weighted by Crippen LogP contribution is 2.21. The van der Waals surface area contributed by atoms with E-state index in [0.717, 1.165) is 5.69 Å². The monoisotopic (exact) mass is 195 g/mol. The number of aryl methyl sites for hydroxylation is 1. The van der Waals surface area contributed by atoms with Crippen molar-refractivity contribution in [2.75, 3.05) is 7.05 Å². The molecule has 1 aromatic heterocycles. The topological polar surface area (TPSA) is 46.9 Å². The molecular formula is C10H17N3O. The zero-order chi connectivity index (χ0) is 10.9. The molecular weight excluding hydrogens is 178 g/mol. The van der Waals surface area contributed by atoms with Crippen LogP contribution >= 0.6 is 0 Å². The Balaban J connectivity index is 3.12. The van der Waals surface area contributed by atoms with Crippen LogP contribution in [0.2, 0.25) is 0 Å². The molecule has 0 bridgehead atoms. The van der Waals surface area contributed by atoms with Gasteiger partial charge in [-0.3, -0.25) is 9.48 Å². The van der Waals surface area contributed by atoms with E-state index >= 15 is 0 Å². The summed E-state index contributed by atoms with van der Waals surface area (Å²) in [5, 5.41) is 6.89. The van der Waals surface area contributed by atoms with E-state index < -0.39 is 0 Å². The quantitative estimate of drug-likeness (QED) is 0.728. The second kappa shape index (κ2) is 3.44. The summed E-state index contributed by atoms with van der Waals surface area (Å²) in [6.45, 7) is 6.22. The highest BCUT2D eigenvalue weighted by Gasteiger charge is 2.20. The van der Waals surface area contributed by atoms with Crippen LogP contribution in [0.1, 0.15) is 37.0 Å². The Morgan fingerprint density at radius 3 is 2.43 bits per heavy atom. The minimum atomic E-state index is -0.101. The average molecular weight is 195 g/mol. The first kappa shape index (κ1) is 10.8. The first-order valence-corrected chi connectivity index (χ1v) is 4.63. The Hall–Kier alpha value is -1.32. The summed E-state index contributed by atoms with van der Waals surface area (Å²) < 4.78 is 1.61. The number of rotatable bonds is 1. The van der Waals surface area contributed by atoms with Crippen molar-refractivity contribution in [2.45, 2.75) is 26.2 Å². The number of carbonyl (C=O) groups is 1. The van der Waals surface area contributed by atoms with E-state index in [2.05, 4.69) is 31.2 Å². The summed E-state index contributed by atoms with van der Waals surface area (Å²) in [7, 11) is 3.39. The minimum Gasteiger partial charge on any atom is -0.354 e. The zero-order valence-electron chi connectivity index (χ0n) is 9.38. The highest BCUT2D eigenvalue weighted by molar-refractivity contribution is 5.92. The number of nitrogens with zero attached hydrogens (tertiary/aromatic N) is 2. The number of aromatic nitrogens is 2. The van der Waals surface area contributed by atoms with E-state index in [-0.39, 0.29) is 11.3 Å². The molecule has 1 rings (SSSR count). The molecule has 1 amide bonds. The lowest BCUT2D eigenvalue weighted by Crippen LogP contribution is -2.20. The van der Waals surface area contributed by atoms with Crippen molar-refractivity contribution in [3.8, 4) is 0 Å². The van der Waals surface area contributed by atoms with Gasteiger partial charge in [-0.25, -0.2) is 0 Å². The molecule has 0 aliphatic rings. The van der Waals surface area contributed by atoms with Crippen LogP contribution in [-0.4, -0.2) is 22.7 Å². The summed E-state index contributed by atoms with van der Waals surface area (Å²) in [6, 6.07) is 1.83. The fourth-order valence-corrected chi connectivity index (χ4v) is 1.17. The van der Waals surface area contributed by atoms with Crippen LogP contribution in [-0.2, 0) is 12.5 Å². The van der Waals surface area contributed by atoms with Crippen LogP contribution in [0.5, 0.6) is 0 Å². The summed E-state index contributed by atoms with van der Waals surface area (Å²) in [5.41, 5.74) is 1.50. The number of nitrogens with one attached hydrogen (secondary N) is 1. The fraction of sp³-hybridized carbons (Fsp3) is 0.600. The van der Waals surface area contributed by atoms with Crippen molar-refractivity contribution in [3.63, 3.8) is 0 Å². The minimum absolute atomic E-state index is 0.0238. The molecule has 0 saturated heterocycles. The number of hydrogen-bond acceptors (Lipinski definition) is 2. The lowest BCUT2D eigenvalue weighted by molar-refractivity contribution is 0.0954. The standard InChI is InChI=1S/C10H17N3O/c1-10(2,3)8-6-7(9(14)11-4)13(5)12-8/h6H,1-5H3,(H,11,14). The van der Waals surface area contributed by atoms with Gasteiger partial charge < -0.3 is 5.32 Å².